The van der Waals surface area contributed by atoms with Gasteiger partial charge in [-0.1, -0.05) is 12.1 Å². The van der Waals surface area contributed by atoms with Gasteiger partial charge in [-0.15, -0.1) is 11.8 Å². The Morgan fingerprint density at radius 2 is 2.00 bits per heavy atom. The van der Waals surface area contributed by atoms with E-state index in [-0.39, 0.29) is 0 Å². The van der Waals surface area contributed by atoms with Crippen molar-refractivity contribution in [3.8, 4) is 11.6 Å². The highest BCUT2D eigenvalue weighted by molar-refractivity contribution is 7.98. The molecule has 0 unspecified atom stereocenters. The van der Waals surface area contributed by atoms with Crippen LogP contribution < -0.4 is 10.1 Å². The van der Waals surface area contributed by atoms with Crippen LogP contribution in [0.5, 0.6) is 11.6 Å². The van der Waals surface area contributed by atoms with Gasteiger partial charge in [0.05, 0.1) is 0 Å². The van der Waals surface area contributed by atoms with Gasteiger partial charge in [-0.3, -0.25) is 0 Å². The first kappa shape index (κ1) is 12.9. The first-order chi connectivity index (χ1) is 8.81. The monoisotopic (exact) mass is 261 g/mol. The van der Waals surface area contributed by atoms with Gasteiger partial charge in [-0.25, -0.2) is 9.97 Å². The van der Waals surface area contributed by atoms with Crippen molar-refractivity contribution in [2.75, 3.05) is 13.3 Å². The van der Waals surface area contributed by atoms with Gasteiger partial charge in [0.25, 0.3) is 0 Å². The van der Waals surface area contributed by atoms with E-state index >= 15 is 0 Å². The Bertz CT molecular complexity index is 502. The Balaban J connectivity index is 2.08. The third-order valence-corrected chi connectivity index (χ3v) is 2.99. The number of benzene rings is 1. The van der Waals surface area contributed by atoms with Crippen molar-refractivity contribution in [1.29, 1.82) is 0 Å². The molecule has 0 amide bonds. The maximum Gasteiger partial charge on any atom is 0.223 e. The minimum Gasteiger partial charge on any atom is -0.439 e. The third kappa shape index (κ3) is 3.45. The van der Waals surface area contributed by atoms with Crippen LogP contribution in [-0.2, 0) is 6.54 Å². The van der Waals surface area contributed by atoms with Crippen molar-refractivity contribution in [1.82, 2.24) is 15.3 Å². The summed E-state index contributed by atoms with van der Waals surface area (Å²) in [4.78, 5) is 8.18. The average molecular weight is 261 g/mol. The molecule has 18 heavy (non-hydrogen) atoms. The average Bonchev–Trinajstić information content (AvgIpc) is 2.42. The zero-order chi connectivity index (χ0) is 12.8. The Hall–Kier alpha value is -1.59. The summed E-state index contributed by atoms with van der Waals surface area (Å²) >= 11 is 1.56. The number of hydrogen-bond acceptors (Lipinski definition) is 5. The largest absolute Gasteiger partial charge is 0.439 e. The van der Waals surface area contributed by atoms with Crippen LogP contribution in [-0.4, -0.2) is 23.3 Å². The van der Waals surface area contributed by atoms with E-state index in [0.717, 1.165) is 17.3 Å². The van der Waals surface area contributed by atoms with E-state index in [0.29, 0.717) is 5.88 Å². The van der Waals surface area contributed by atoms with Crippen molar-refractivity contribution < 1.29 is 4.74 Å². The number of hydrogen-bond donors (Lipinski definition) is 1. The molecule has 0 fully saturated rings. The second kappa shape index (κ2) is 6.37. The number of ether oxygens (including phenoxy) is 1. The summed E-state index contributed by atoms with van der Waals surface area (Å²) in [6, 6.07) is 9.76. The molecule has 0 aliphatic heterocycles. The maximum absolute atomic E-state index is 5.67. The highest BCUT2D eigenvalue weighted by Crippen LogP contribution is 2.22. The molecule has 2 aromatic rings. The molecule has 2 rings (SSSR count). The predicted molar refractivity (Wildman–Crippen MR) is 73.1 cm³/mol. The van der Waals surface area contributed by atoms with Crippen LogP contribution in [0.2, 0.25) is 0 Å². The van der Waals surface area contributed by atoms with Crippen molar-refractivity contribution in [2.45, 2.75) is 11.6 Å². The van der Waals surface area contributed by atoms with Crippen molar-refractivity contribution >= 4 is 11.8 Å². The van der Waals surface area contributed by atoms with Crippen molar-refractivity contribution in [3.05, 3.63) is 42.2 Å². The normalized spacial score (nSPS) is 10.3. The quantitative estimate of drug-likeness (QED) is 0.662. The lowest BCUT2D eigenvalue weighted by atomic mass is 10.2. The molecule has 0 saturated heterocycles. The summed E-state index contributed by atoms with van der Waals surface area (Å²) in [5.74, 6) is 1.34. The van der Waals surface area contributed by atoms with Gasteiger partial charge < -0.3 is 10.1 Å². The molecule has 1 heterocycles. The van der Waals surface area contributed by atoms with E-state index < -0.39 is 0 Å². The van der Waals surface area contributed by atoms with E-state index in [1.807, 2.05) is 43.6 Å². The van der Waals surface area contributed by atoms with Crippen LogP contribution in [0.25, 0.3) is 0 Å². The summed E-state index contributed by atoms with van der Waals surface area (Å²) in [6.07, 6.45) is 3.48. The summed E-state index contributed by atoms with van der Waals surface area (Å²) in [5, 5.41) is 4.00. The first-order valence-electron chi connectivity index (χ1n) is 5.59. The minimum absolute atomic E-state index is 0.565. The van der Waals surface area contributed by atoms with Gasteiger partial charge in [0, 0.05) is 12.6 Å². The zero-order valence-corrected chi connectivity index (χ0v) is 11.2. The van der Waals surface area contributed by atoms with Crippen LogP contribution >= 0.6 is 11.8 Å². The summed E-state index contributed by atoms with van der Waals surface area (Å²) in [5.41, 5.74) is 1.22. The number of rotatable bonds is 5. The molecular formula is C13H15N3OS. The molecule has 1 aromatic heterocycles. The molecule has 0 saturated carbocycles. The van der Waals surface area contributed by atoms with Gasteiger partial charge in [0.2, 0.25) is 5.88 Å². The first-order valence-corrected chi connectivity index (χ1v) is 6.81. The highest BCUT2D eigenvalue weighted by atomic mass is 32.2. The summed E-state index contributed by atoms with van der Waals surface area (Å²) < 4.78 is 5.67. The van der Waals surface area contributed by atoms with Gasteiger partial charge in [-0.2, -0.15) is 0 Å². The summed E-state index contributed by atoms with van der Waals surface area (Å²) in [7, 11) is 1.93. The van der Waals surface area contributed by atoms with Crippen LogP contribution in [0, 0.1) is 0 Å². The number of nitrogens with zero attached hydrogens (tertiary/aromatic N) is 2. The van der Waals surface area contributed by atoms with Gasteiger partial charge in [-0.05, 0) is 31.0 Å². The summed E-state index contributed by atoms with van der Waals surface area (Å²) in [6.45, 7) is 0.852. The van der Waals surface area contributed by atoms with E-state index in [4.69, 9.17) is 4.74 Å². The van der Waals surface area contributed by atoms with Crippen molar-refractivity contribution in [2.24, 2.45) is 0 Å². The van der Waals surface area contributed by atoms with Crippen LogP contribution in [0.1, 0.15) is 5.56 Å². The Labute approximate surface area is 111 Å². The molecule has 0 radical (unpaired) electrons. The van der Waals surface area contributed by atoms with Crippen molar-refractivity contribution in [3.63, 3.8) is 0 Å². The number of thioether (sulfide) groups is 1. The van der Waals surface area contributed by atoms with Gasteiger partial charge >= 0.3 is 0 Å². The van der Waals surface area contributed by atoms with E-state index in [9.17, 15) is 0 Å². The molecule has 1 N–H and O–H groups in total. The fourth-order valence-corrected chi connectivity index (χ4v) is 1.86. The topological polar surface area (TPSA) is 47.0 Å². The number of aromatic nitrogens is 2. The lowest BCUT2D eigenvalue weighted by Crippen LogP contribution is -2.04. The molecule has 0 bridgehead atoms. The van der Waals surface area contributed by atoms with Crippen LogP contribution in [0.3, 0.4) is 0 Å². The minimum atomic E-state index is 0.565. The molecule has 0 aliphatic carbocycles. The lowest BCUT2D eigenvalue weighted by molar-refractivity contribution is 0.458. The molecular weight excluding hydrogens is 246 g/mol. The predicted octanol–water partition coefficient (Wildman–Crippen LogP) is 2.71. The molecule has 94 valence electrons. The molecule has 4 nitrogen and oxygen atoms in total. The molecule has 1 aromatic carbocycles. The smallest absolute Gasteiger partial charge is 0.223 e. The highest BCUT2D eigenvalue weighted by Gasteiger charge is 2.01. The van der Waals surface area contributed by atoms with E-state index in [1.165, 1.54) is 11.9 Å². The molecule has 5 heteroatoms. The van der Waals surface area contributed by atoms with E-state index in [1.54, 1.807) is 11.8 Å². The molecule has 0 atom stereocenters. The standard InChI is InChI=1S/C13H15N3OS/c1-14-8-10-3-5-11(6-4-10)17-12-7-13(18-2)16-9-15-12/h3-7,9,14H,8H2,1-2H3. The Morgan fingerprint density at radius 3 is 2.67 bits per heavy atom. The maximum atomic E-state index is 5.67. The van der Waals surface area contributed by atoms with E-state index in [2.05, 4.69) is 15.3 Å². The fraction of sp³-hybridized carbons (Fsp3) is 0.231. The van der Waals surface area contributed by atoms with Gasteiger partial charge in [0.15, 0.2) is 0 Å². The van der Waals surface area contributed by atoms with Crippen LogP contribution in [0.15, 0.2) is 41.7 Å². The Kier molecular flexibility index (Phi) is 4.55. The molecule has 0 spiro atoms. The Morgan fingerprint density at radius 1 is 1.22 bits per heavy atom. The van der Waals surface area contributed by atoms with Gasteiger partial charge in [0.1, 0.15) is 17.1 Å². The second-order valence-corrected chi connectivity index (χ2v) is 4.50. The second-order valence-electron chi connectivity index (χ2n) is 3.67. The zero-order valence-electron chi connectivity index (χ0n) is 10.4. The number of nitrogens with one attached hydrogen (secondary N) is 1. The third-order valence-electron chi connectivity index (χ3n) is 2.35. The molecule has 0 aliphatic rings. The van der Waals surface area contributed by atoms with Crippen LogP contribution in [0.4, 0.5) is 0 Å². The fourth-order valence-electron chi connectivity index (χ4n) is 1.49. The SMILES string of the molecule is CNCc1ccc(Oc2cc(SC)ncn2)cc1. The lowest BCUT2D eigenvalue weighted by Gasteiger charge is -2.06.